The fourth-order valence-electron chi connectivity index (χ4n) is 1.83. The SMILES string of the molecule is [C]1=C2C=CC=CC23C=CC3=C1. The fraction of sp³-hybridized carbons (Fsp3) is 0.0909. The van der Waals surface area contributed by atoms with Crippen LogP contribution in [-0.2, 0) is 0 Å². The van der Waals surface area contributed by atoms with Crippen molar-refractivity contribution in [1.29, 1.82) is 0 Å². The van der Waals surface area contributed by atoms with Crippen molar-refractivity contribution in [2.24, 2.45) is 5.41 Å². The minimum absolute atomic E-state index is 0.148. The van der Waals surface area contributed by atoms with Crippen LogP contribution >= 0.6 is 0 Å². The highest BCUT2D eigenvalue weighted by molar-refractivity contribution is 5.64. The number of hydrogen-bond acceptors (Lipinski definition) is 0. The van der Waals surface area contributed by atoms with Crippen molar-refractivity contribution >= 4 is 0 Å². The Labute approximate surface area is 65.9 Å². The molecule has 51 valence electrons. The molecule has 0 amide bonds. The molecule has 1 atom stereocenters. The molecule has 11 heavy (non-hydrogen) atoms. The lowest BCUT2D eigenvalue weighted by atomic mass is 9.68. The Morgan fingerprint density at radius 3 is 2.82 bits per heavy atom. The van der Waals surface area contributed by atoms with E-state index in [0.717, 1.165) is 0 Å². The van der Waals surface area contributed by atoms with Crippen molar-refractivity contribution < 1.29 is 0 Å². The molecule has 0 heteroatoms. The molecular formula is C11H7. The van der Waals surface area contributed by atoms with Gasteiger partial charge in [-0.15, -0.1) is 0 Å². The second-order valence-corrected chi connectivity index (χ2v) is 3.08. The summed E-state index contributed by atoms with van der Waals surface area (Å²) in [5.41, 5.74) is 2.82. The molecular weight excluding hydrogens is 132 g/mol. The van der Waals surface area contributed by atoms with Gasteiger partial charge in [-0.25, -0.2) is 0 Å². The summed E-state index contributed by atoms with van der Waals surface area (Å²) in [6.45, 7) is 0. The maximum atomic E-state index is 3.27. The van der Waals surface area contributed by atoms with Gasteiger partial charge in [0.05, 0.1) is 5.41 Å². The molecule has 1 radical (unpaired) electrons. The lowest BCUT2D eigenvalue weighted by molar-refractivity contribution is 0.703. The highest BCUT2D eigenvalue weighted by Gasteiger charge is 2.39. The minimum atomic E-state index is 0.148. The smallest absolute Gasteiger partial charge is 0.0575 e. The lowest BCUT2D eigenvalue weighted by Gasteiger charge is -2.34. The van der Waals surface area contributed by atoms with Crippen LogP contribution in [0.25, 0.3) is 0 Å². The van der Waals surface area contributed by atoms with E-state index in [1.807, 2.05) is 0 Å². The van der Waals surface area contributed by atoms with Crippen molar-refractivity contribution in [1.82, 2.24) is 0 Å². The second kappa shape index (κ2) is 1.48. The van der Waals surface area contributed by atoms with Crippen LogP contribution in [-0.4, -0.2) is 0 Å². The van der Waals surface area contributed by atoms with E-state index in [2.05, 4.69) is 48.6 Å². The van der Waals surface area contributed by atoms with Crippen LogP contribution in [0.15, 0.2) is 53.7 Å². The summed E-state index contributed by atoms with van der Waals surface area (Å²) >= 11 is 0. The van der Waals surface area contributed by atoms with Crippen molar-refractivity contribution in [3.8, 4) is 0 Å². The first-order valence-corrected chi connectivity index (χ1v) is 3.82. The zero-order valence-electron chi connectivity index (χ0n) is 6.04. The molecule has 0 aromatic heterocycles. The van der Waals surface area contributed by atoms with Gasteiger partial charge in [-0.2, -0.15) is 0 Å². The van der Waals surface area contributed by atoms with Gasteiger partial charge in [-0.3, -0.25) is 0 Å². The average molecular weight is 139 g/mol. The van der Waals surface area contributed by atoms with E-state index in [1.54, 1.807) is 0 Å². The number of allylic oxidation sites excluding steroid dienone is 10. The van der Waals surface area contributed by atoms with E-state index in [4.69, 9.17) is 0 Å². The molecule has 0 aliphatic heterocycles. The van der Waals surface area contributed by atoms with Crippen molar-refractivity contribution in [3.63, 3.8) is 0 Å². The first-order chi connectivity index (χ1) is 5.42. The standard InChI is InChI=1S/C11H7/c1-2-7-11-8-6-10(11)5-4-9(11)3-1/h1-3,5-8H. The van der Waals surface area contributed by atoms with Crippen LogP contribution in [0.5, 0.6) is 0 Å². The van der Waals surface area contributed by atoms with Gasteiger partial charge in [0.25, 0.3) is 0 Å². The molecule has 0 aromatic carbocycles. The molecule has 0 bridgehead atoms. The van der Waals surface area contributed by atoms with Crippen LogP contribution in [0, 0.1) is 11.5 Å². The monoisotopic (exact) mass is 139 g/mol. The third-order valence-corrected chi connectivity index (χ3v) is 2.57. The molecule has 0 nitrogen and oxygen atoms in total. The maximum absolute atomic E-state index is 3.27. The maximum Gasteiger partial charge on any atom is 0.0575 e. The molecule has 1 spiro atoms. The van der Waals surface area contributed by atoms with Crippen LogP contribution in [0.2, 0.25) is 0 Å². The van der Waals surface area contributed by atoms with E-state index in [9.17, 15) is 0 Å². The molecule has 3 aliphatic rings. The Morgan fingerprint density at radius 1 is 1.09 bits per heavy atom. The largest absolute Gasteiger partial charge is 0.0658 e. The quantitative estimate of drug-likeness (QED) is 0.483. The summed E-state index contributed by atoms with van der Waals surface area (Å²) < 4.78 is 0. The van der Waals surface area contributed by atoms with E-state index >= 15 is 0 Å². The van der Waals surface area contributed by atoms with Crippen molar-refractivity contribution in [2.75, 3.05) is 0 Å². The van der Waals surface area contributed by atoms with Crippen molar-refractivity contribution in [2.45, 2.75) is 0 Å². The predicted octanol–water partition coefficient (Wildman–Crippen LogP) is 2.34. The Morgan fingerprint density at radius 2 is 2.09 bits per heavy atom. The first-order valence-electron chi connectivity index (χ1n) is 3.82. The van der Waals surface area contributed by atoms with Crippen LogP contribution in [0.1, 0.15) is 0 Å². The summed E-state index contributed by atoms with van der Waals surface area (Å²) in [6, 6.07) is 0. The minimum Gasteiger partial charge on any atom is -0.0658 e. The molecule has 0 N–H and O–H groups in total. The Balaban J connectivity index is 2.28. The van der Waals surface area contributed by atoms with Gasteiger partial charge in [0.15, 0.2) is 0 Å². The second-order valence-electron chi connectivity index (χ2n) is 3.08. The Hall–Kier alpha value is -1.30. The van der Waals surface area contributed by atoms with Gasteiger partial charge in [0.1, 0.15) is 0 Å². The van der Waals surface area contributed by atoms with Gasteiger partial charge in [0.2, 0.25) is 0 Å². The van der Waals surface area contributed by atoms with Crippen molar-refractivity contribution in [3.05, 3.63) is 59.8 Å². The zero-order valence-corrected chi connectivity index (χ0v) is 6.04. The summed E-state index contributed by atoms with van der Waals surface area (Å²) in [4.78, 5) is 0. The number of rotatable bonds is 0. The topological polar surface area (TPSA) is 0 Å². The van der Waals surface area contributed by atoms with E-state index in [0.29, 0.717) is 0 Å². The summed E-state index contributed by atoms with van der Waals surface area (Å²) in [5.74, 6) is 0. The van der Waals surface area contributed by atoms with Gasteiger partial charge >= 0.3 is 0 Å². The zero-order chi connectivity index (χ0) is 7.31. The van der Waals surface area contributed by atoms with Gasteiger partial charge < -0.3 is 0 Å². The summed E-state index contributed by atoms with van der Waals surface area (Å²) in [6.07, 6.45) is 18.3. The highest BCUT2D eigenvalue weighted by Crippen LogP contribution is 2.51. The van der Waals surface area contributed by atoms with Crippen LogP contribution in [0.3, 0.4) is 0 Å². The molecule has 0 saturated carbocycles. The van der Waals surface area contributed by atoms with E-state index in [-0.39, 0.29) is 5.41 Å². The third kappa shape index (κ3) is 0.443. The van der Waals surface area contributed by atoms with Gasteiger partial charge in [0, 0.05) is 0 Å². The molecule has 3 aliphatic carbocycles. The fourth-order valence-corrected chi connectivity index (χ4v) is 1.83. The molecule has 0 aromatic rings. The molecule has 0 heterocycles. The Kier molecular flexibility index (Phi) is 0.719. The van der Waals surface area contributed by atoms with Gasteiger partial charge in [-0.1, -0.05) is 36.5 Å². The van der Waals surface area contributed by atoms with Crippen LogP contribution < -0.4 is 0 Å². The molecule has 1 unspecified atom stereocenters. The third-order valence-electron chi connectivity index (χ3n) is 2.57. The van der Waals surface area contributed by atoms with E-state index in [1.165, 1.54) is 11.1 Å². The van der Waals surface area contributed by atoms with Gasteiger partial charge in [-0.05, 0) is 23.3 Å². The normalized spacial score (nSPS) is 35.6. The average Bonchev–Trinajstić information content (AvgIpc) is 2.26. The molecule has 3 rings (SSSR count). The van der Waals surface area contributed by atoms with E-state index < -0.39 is 0 Å². The molecule has 0 saturated heterocycles. The first kappa shape index (κ1) is 5.36. The molecule has 0 fully saturated rings. The number of hydrogen-bond donors (Lipinski definition) is 0. The lowest BCUT2D eigenvalue weighted by Crippen LogP contribution is -2.24. The summed E-state index contributed by atoms with van der Waals surface area (Å²) in [5, 5.41) is 0. The Bertz CT molecular complexity index is 361. The summed E-state index contributed by atoms with van der Waals surface area (Å²) in [7, 11) is 0. The van der Waals surface area contributed by atoms with Crippen LogP contribution in [0.4, 0.5) is 0 Å². The predicted molar refractivity (Wildman–Crippen MR) is 44.7 cm³/mol. The highest BCUT2D eigenvalue weighted by atomic mass is 14.4.